The molecule has 2 aromatic rings. The second kappa shape index (κ2) is 6.69. The summed E-state index contributed by atoms with van der Waals surface area (Å²) in [6, 6.07) is 5.47. The molecule has 4 aliphatic carbocycles. The van der Waals surface area contributed by atoms with E-state index < -0.39 is 0 Å². The summed E-state index contributed by atoms with van der Waals surface area (Å²) in [5.74, 6) is 1.91. The minimum Gasteiger partial charge on any atom is -0.373 e. The Balaban J connectivity index is 1.25. The van der Waals surface area contributed by atoms with Gasteiger partial charge in [0.25, 0.3) is 0 Å². The van der Waals surface area contributed by atoms with Gasteiger partial charge in [-0.25, -0.2) is 0 Å². The van der Waals surface area contributed by atoms with Crippen LogP contribution in [0.4, 0.5) is 0 Å². The van der Waals surface area contributed by atoms with Gasteiger partial charge >= 0.3 is 0 Å². The van der Waals surface area contributed by atoms with Crippen LogP contribution in [0.5, 0.6) is 0 Å². The largest absolute Gasteiger partial charge is 0.373 e. The number of halogens is 2. The summed E-state index contributed by atoms with van der Waals surface area (Å²) < 4.78 is 24.4. The highest BCUT2D eigenvalue weighted by Gasteiger charge is 2.86. The summed E-state index contributed by atoms with van der Waals surface area (Å²) in [6.45, 7) is 6.04. The molecule has 5 fully saturated rings. The van der Waals surface area contributed by atoms with E-state index in [0.717, 1.165) is 43.3 Å². The molecule has 1 saturated heterocycles. The number of hydrogen-bond donors (Lipinski definition) is 0. The smallest absolute Gasteiger partial charge is 0.177 e. The number of fused-ring (bicyclic) bond motifs is 2. The third-order valence-electron chi connectivity index (χ3n) is 7.63. The lowest BCUT2D eigenvalue weighted by Gasteiger charge is -2.57. The Morgan fingerprint density at radius 2 is 1.87 bits per heavy atom. The van der Waals surface area contributed by atoms with Crippen molar-refractivity contribution in [3.63, 3.8) is 0 Å². The fraction of sp³-hybridized carbons (Fsp3) is 0.609. The number of hydrogen-bond acceptors (Lipinski definition) is 5. The van der Waals surface area contributed by atoms with Crippen molar-refractivity contribution in [2.24, 2.45) is 17.3 Å². The van der Waals surface area contributed by atoms with E-state index in [-0.39, 0.29) is 23.2 Å². The fourth-order valence-electron chi connectivity index (χ4n) is 6.36. The molecule has 1 aromatic heterocycles. The molecule has 2 spiro atoms. The molecule has 30 heavy (non-hydrogen) atoms. The van der Waals surface area contributed by atoms with Gasteiger partial charge in [-0.1, -0.05) is 48.3 Å². The molecule has 1 unspecified atom stereocenters. The first-order chi connectivity index (χ1) is 14.5. The average Bonchev–Trinajstić information content (AvgIpc) is 3.05. The van der Waals surface area contributed by atoms with E-state index in [1.807, 2.05) is 18.2 Å². The van der Waals surface area contributed by atoms with Gasteiger partial charge < -0.3 is 18.7 Å². The molecule has 5 aliphatic rings. The molecular formula is C23H25Cl2NO4. The average molecular weight is 450 g/mol. The second-order valence-electron chi connectivity index (χ2n) is 9.44. The minimum atomic E-state index is -0.311. The first-order valence-corrected chi connectivity index (χ1v) is 11.5. The van der Waals surface area contributed by atoms with Crippen LogP contribution in [0.15, 0.2) is 22.7 Å². The second-order valence-corrected chi connectivity index (χ2v) is 10.3. The van der Waals surface area contributed by atoms with Crippen molar-refractivity contribution in [2.45, 2.75) is 57.5 Å². The summed E-state index contributed by atoms with van der Waals surface area (Å²) >= 11 is 12.9. The molecule has 4 atom stereocenters. The SMILES string of the molecule is CC(C)c1onc(-c2c(Cl)cccc2Cl)c1CO[C@@H]1C[C@H]2C3C[C@]3(C1)C21OCCO1. The molecule has 160 valence electrons. The van der Waals surface area contributed by atoms with Gasteiger partial charge in [0.05, 0.1) is 36.0 Å². The van der Waals surface area contributed by atoms with E-state index in [1.54, 1.807) is 0 Å². The van der Waals surface area contributed by atoms with Crippen molar-refractivity contribution in [1.29, 1.82) is 0 Å². The fourth-order valence-corrected chi connectivity index (χ4v) is 6.94. The molecule has 4 saturated carbocycles. The summed E-state index contributed by atoms with van der Waals surface area (Å²) in [5, 5.41) is 5.45. The summed E-state index contributed by atoms with van der Waals surface area (Å²) in [6.07, 6.45) is 3.38. The van der Waals surface area contributed by atoms with Crippen LogP contribution >= 0.6 is 23.2 Å². The molecule has 1 aromatic carbocycles. The maximum Gasteiger partial charge on any atom is 0.177 e. The molecular weight excluding hydrogens is 425 g/mol. The van der Waals surface area contributed by atoms with Gasteiger partial charge in [-0.15, -0.1) is 0 Å². The van der Waals surface area contributed by atoms with Gasteiger partial charge in [0.1, 0.15) is 11.5 Å². The van der Waals surface area contributed by atoms with Crippen molar-refractivity contribution < 1.29 is 18.7 Å². The lowest BCUT2D eigenvalue weighted by Crippen LogP contribution is -2.63. The number of aromatic nitrogens is 1. The van der Waals surface area contributed by atoms with Gasteiger partial charge in [-0.3, -0.25) is 0 Å². The molecule has 5 nitrogen and oxygen atoms in total. The number of nitrogens with zero attached hydrogens (tertiary/aromatic N) is 1. The van der Waals surface area contributed by atoms with E-state index in [9.17, 15) is 0 Å². The Hall–Kier alpha value is -1.11. The van der Waals surface area contributed by atoms with Crippen LogP contribution in [0.3, 0.4) is 0 Å². The normalized spacial score (nSPS) is 33.0. The quantitative estimate of drug-likeness (QED) is 0.574. The Kier molecular flexibility index (Phi) is 4.37. The zero-order valence-corrected chi connectivity index (χ0v) is 18.6. The summed E-state index contributed by atoms with van der Waals surface area (Å²) in [4.78, 5) is 0. The van der Waals surface area contributed by atoms with E-state index in [2.05, 4.69) is 19.0 Å². The molecule has 7 rings (SSSR count). The van der Waals surface area contributed by atoms with Crippen molar-refractivity contribution in [1.82, 2.24) is 5.16 Å². The van der Waals surface area contributed by atoms with E-state index in [1.165, 1.54) is 6.42 Å². The maximum atomic E-state index is 6.46. The Morgan fingerprint density at radius 3 is 2.53 bits per heavy atom. The van der Waals surface area contributed by atoms with E-state index >= 15 is 0 Å². The molecule has 7 heteroatoms. The lowest BCUT2D eigenvalue weighted by atomic mass is 9.58. The standard InChI is InChI=1S/C23H25Cl2NO4/c1-12(2)21-14(20(26-30-21)19-17(24)4-3-5-18(19)25)11-27-13-8-15-16-10-22(16,9-13)23(15)28-6-7-29-23/h3-5,12-13,15-16H,6-11H2,1-2H3/t13-,15+,16?,22+/m1/s1. The predicted molar refractivity (Wildman–Crippen MR) is 113 cm³/mol. The monoisotopic (exact) mass is 449 g/mol. The third-order valence-corrected chi connectivity index (χ3v) is 8.26. The van der Waals surface area contributed by atoms with Crippen LogP contribution in [0.1, 0.15) is 50.4 Å². The Bertz CT molecular complexity index is 979. The van der Waals surface area contributed by atoms with Gasteiger partial charge in [-0.05, 0) is 37.3 Å². The highest BCUT2D eigenvalue weighted by Crippen LogP contribution is 2.83. The first-order valence-electron chi connectivity index (χ1n) is 10.8. The molecule has 0 N–H and O–H groups in total. The van der Waals surface area contributed by atoms with Crippen molar-refractivity contribution in [3.05, 3.63) is 39.6 Å². The predicted octanol–water partition coefficient (Wildman–Crippen LogP) is 5.83. The van der Waals surface area contributed by atoms with E-state index in [4.69, 9.17) is 41.9 Å². The van der Waals surface area contributed by atoms with Gasteiger partial charge in [-0.2, -0.15) is 0 Å². The molecule has 2 bridgehead atoms. The van der Waals surface area contributed by atoms with Crippen LogP contribution in [-0.2, 0) is 20.8 Å². The lowest BCUT2D eigenvalue weighted by molar-refractivity contribution is -0.327. The van der Waals surface area contributed by atoms with Crippen LogP contribution < -0.4 is 0 Å². The molecule has 0 radical (unpaired) electrons. The topological polar surface area (TPSA) is 53.7 Å². The third kappa shape index (κ3) is 2.50. The van der Waals surface area contributed by atoms with Crippen molar-refractivity contribution in [3.8, 4) is 11.3 Å². The van der Waals surface area contributed by atoms with Crippen molar-refractivity contribution >= 4 is 23.2 Å². The Morgan fingerprint density at radius 1 is 1.13 bits per heavy atom. The summed E-state index contributed by atoms with van der Waals surface area (Å²) in [7, 11) is 0. The maximum absolute atomic E-state index is 6.46. The highest BCUT2D eigenvalue weighted by atomic mass is 35.5. The van der Waals surface area contributed by atoms with Crippen LogP contribution in [-0.4, -0.2) is 30.3 Å². The molecule has 0 amide bonds. The number of benzene rings is 1. The van der Waals surface area contributed by atoms with Gasteiger partial charge in [0, 0.05) is 28.4 Å². The zero-order chi connectivity index (χ0) is 20.7. The summed E-state index contributed by atoms with van der Waals surface area (Å²) in [5.41, 5.74) is 2.50. The molecule has 1 aliphatic heterocycles. The number of ether oxygens (including phenoxy) is 3. The highest BCUT2D eigenvalue weighted by molar-refractivity contribution is 6.39. The van der Waals surface area contributed by atoms with E-state index in [0.29, 0.717) is 33.8 Å². The van der Waals surface area contributed by atoms with Gasteiger partial charge in [0.15, 0.2) is 5.79 Å². The van der Waals surface area contributed by atoms with Crippen molar-refractivity contribution in [2.75, 3.05) is 13.2 Å². The Labute approximate surface area is 185 Å². The zero-order valence-electron chi connectivity index (χ0n) is 17.1. The minimum absolute atomic E-state index is 0.181. The van der Waals surface area contributed by atoms with Gasteiger partial charge in [0.2, 0.25) is 0 Å². The number of rotatable bonds is 5. The van der Waals surface area contributed by atoms with Crippen LogP contribution in [0, 0.1) is 17.3 Å². The first kappa shape index (κ1) is 19.6. The molecule has 2 heterocycles. The van der Waals surface area contributed by atoms with Crippen LogP contribution in [0.25, 0.3) is 11.3 Å². The van der Waals surface area contributed by atoms with Crippen LogP contribution in [0.2, 0.25) is 10.0 Å².